The summed E-state index contributed by atoms with van der Waals surface area (Å²) in [6, 6.07) is 9.86. The molecule has 0 spiro atoms. The number of nitrogens with one attached hydrogen (secondary N) is 1. The summed E-state index contributed by atoms with van der Waals surface area (Å²) in [5.41, 5.74) is 2.50. The van der Waals surface area contributed by atoms with Crippen molar-refractivity contribution >= 4 is 17.7 Å². The summed E-state index contributed by atoms with van der Waals surface area (Å²) in [5, 5.41) is 0. The minimum absolute atomic E-state index is 0.0571. The molecule has 1 fully saturated rings. The number of piperidine rings is 1. The first-order valence-electron chi connectivity index (χ1n) is 10.8. The second-order valence-electron chi connectivity index (χ2n) is 7.72. The van der Waals surface area contributed by atoms with Crippen molar-refractivity contribution in [1.29, 1.82) is 0 Å². The number of thioether (sulfide) groups is 1. The number of aromatic nitrogens is 3. The number of H-pyrrole nitrogens is 1. The number of rotatable bonds is 7. The number of hydrogen-bond donors (Lipinski definition) is 1. The molecule has 1 saturated heterocycles. The molecule has 4 rings (SSSR count). The Bertz CT molecular complexity index is 1040. The number of aromatic amines is 1. The maximum Gasteiger partial charge on any atom is 0.259 e. The summed E-state index contributed by atoms with van der Waals surface area (Å²) in [5.74, 6) is 1.42. The van der Waals surface area contributed by atoms with E-state index in [1.807, 2.05) is 49.0 Å². The highest BCUT2D eigenvalue weighted by Crippen LogP contribution is 2.30. The molecule has 1 aromatic carbocycles. The second kappa shape index (κ2) is 10.0. The highest BCUT2D eigenvalue weighted by atomic mass is 32.2. The molecule has 1 aliphatic rings. The summed E-state index contributed by atoms with van der Waals surface area (Å²) >= 11 is 1.68. The number of pyridine rings is 1. The van der Waals surface area contributed by atoms with E-state index in [0.29, 0.717) is 11.3 Å². The Morgan fingerprint density at radius 1 is 1.13 bits per heavy atom. The fourth-order valence-corrected chi connectivity index (χ4v) is 4.28. The third kappa shape index (κ3) is 5.10. The Morgan fingerprint density at radius 2 is 1.84 bits per heavy atom. The molecule has 1 aliphatic heterocycles. The van der Waals surface area contributed by atoms with Crippen LogP contribution in [0.3, 0.4) is 0 Å². The van der Waals surface area contributed by atoms with Gasteiger partial charge < -0.3 is 14.6 Å². The van der Waals surface area contributed by atoms with Crippen molar-refractivity contribution in [2.45, 2.75) is 43.6 Å². The van der Waals surface area contributed by atoms with Crippen LogP contribution in [0.4, 0.5) is 5.95 Å². The average molecular weight is 437 g/mol. The lowest BCUT2D eigenvalue weighted by Gasteiger charge is -2.32. The van der Waals surface area contributed by atoms with E-state index in [2.05, 4.69) is 26.8 Å². The van der Waals surface area contributed by atoms with Gasteiger partial charge in [-0.1, -0.05) is 25.5 Å². The lowest BCUT2D eigenvalue weighted by molar-refractivity contribution is 0.171. The zero-order valence-corrected chi connectivity index (χ0v) is 18.8. The molecule has 0 radical (unpaired) electrons. The molecule has 0 amide bonds. The molecule has 0 unspecified atom stereocenters. The molecular formula is C24H28N4O2S. The zero-order chi connectivity index (χ0) is 21.6. The highest BCUT2D eigenvalue weighted by Gasteiger charge is 2.24. The first kappa shape index (κ1) is 21.4. The lowest BCUT2D eigenvalue weighted by Crippen LogP contribution is -2.39. The van der Waals surface area contributed by atoms with Gasteiger partial charge in [-0.25, -0.2) is 9.97 Å². The molecule has 7 heteroatoms. The zero-order valence-electron chi connectivity index (χ0n) is 18.0. The quantitative estimate of drug-likeness (QED) is 0.548. The Labute approximate surface area is 187 Å². The number of hydrogen-bond acceptors (Lipinski definition) is 6. The Balaban J connectivity index is 1.44. The Hall–Kier alpha value is -2.80. The summed E-state index contributed by atoms with van der Waals surface area (Å²) in [6.07, 6.45) is 11.4. The molecule has 6 nitrogen and oxygen atoms in total. The van der Waals surface area contributed by atoms with Crippen LogP contribution in [-0.2, 0) is 6.42 Å². The lowest BCUT2D eigenvalue weighted by atomic mass is 10.1. The Morgan fingerprint density at radius 3 is 2.48 bits per heavy atom. The van der Waals surface area contributed by atoms with E-state index in [9.17, 15) is 4.79 Å². The van der Waals surface area contributed by atoms with Crippen molar-refractivity contribution in [2.24, 2.45) is 0 Å². The van der Waals surface area contributed by atoms with Crippen molar-refractivity contribution in [3.05, 3.63) is 64.8 Å². The average Bonchev–Trinajstić information content (AvgIpc) is 2.81. The number of benzene rings is 1. The van der Waals surface area contributed by atoms with Crippen LogP contribution < -0.4 is 15.2 Å². The minimum Gasteiger partial charge on any atom is -0.489 e. The number of nitrogens with zero attached hydrogens (tertiary/aromatic N) is 3. The molecule has 3 aromatic rings. The van der Waals surface area contributed by atoms with Gasteiger partial charge in [0.05, 0.1) is 5.56 Å². The van der Waals surface area contributed by atoms with Crippen molar-refractivity contribution in [3.8, 4) is 16.9 Å². The van der Waals surface area contributed by atoms with E-state index in [1.165, 1.54) is 5.56 Å². The molecule has 3 heterocycles. The molecule has 0 aliphatic carbocycles. The number of anilines is 1. The minimum atomic E-state index is -0.132. The van der Waals surface area contributed by atoms with Gasteiger partial charge in [-0.3, -0.25) is 4.79 Å². The van der Waals surface area contributed by atoms with E-state index in [1.54, 1.807) is 18.0 Å². The summed E-state index contributed by atoms with van der Waals surface area (Å²) in [4.78, 5) is 27.8. The fraction of sp³-hybridized carbons (Fsp3) is 0.375. The summed E-state index contributed by atoms with van der Waals surface area (Å²) in [7, 11) is 0. The van der Waals surface area contributed by atoms with E-state index < -0.39 is 0 Å². The maximum atomic E-state index is 12.6. The van der Waals surface area contributed by atoms with Gasteiger partial charge in [0.2, 0.25) is 5.95 Å². The molecule has 162 valence electrons. The van der Waals surface area contributed by atoms with Gasteiger partial charge in [0.25, 0.3) is 5.56 Å². The topological polar surface area (TPSA) is 71.1 Å². The van der Waals surface area contributed by atoms with Crippen molar-refractivity contribution in [1.82, 2.24) is 15.0 Å². The van der Waals surface area contributed by atoms with E-state index in [-0.39, 0.29) is 11.7 Å². The van der Waals surface area contributed by atoms with Crippen LogP contribution >= 0.6 is 11.8 Å². The van der Waals surface area contributed by atoms with Gasteiger partial charge in [0, 0.05) is 49.4 Å². The van der Waals surface area contributed by atoms with Crippen LogP contribution in [0, 0.1) is 0 Å². The molecule has 0 atom stereocenters. The van der Waals surface area contributed by atoms with Gasteiger partial charge in [0.1, 0.15) is 11.9 Å². The smallest absolute Gasteiger partial charge is 0.259 e. The fourth-order valence-electron chi connectivity index (χ4n) is 3.87. The summed E-state index contributed by atoms with van der Waals surface area (Å²) in [6.45, 7) is 3.82. The van der Waals surface area contributed by atoms with Crippen molar-refractivity contribution < 1.29 is 4.74 Å². The van der Waals surface area contributed by atoms with E-state index in [0.717, 1.165) is 55.2 Å². The third-order valence-corrected chi connectivity index (χ3v) is 6.29. The predicted molar refractivity (Wildman–Crippen MR) is 126 cm³/mol. The van der Waals surface area contributed by atoms with E-state index in [4.69, 9.17) is 4.74 Å². The van der Waals surface area contributed by atoms with Gasteiger partial charge in [0.15, 0.2) is 0 Å². The van der Waals surface area contributed by atoms with Crippen LogP contribution in [0.1, 0.15) is 31.7 Å². The van der Waals surface area contributed by atoms with E-state index >= 15 is 0 Å². The van der Waals surface area contributed by atoms with Crippen LogP contribution in [0.2, 0.25) is 0 Å². The second-order valence-corrected chi connectivity index (χ2v) is 8.60. The standard InChI is InChI=1S/C24H28N4O2S/c1-3-4-17-15-26-24(27-16-17)28-13-10-19(11-14-28)30-21-9-12-25-23(29)22(21)18-5-7-20(31-2)8-6-18/h5-9,12,15-16,19H,3-4,10-11,13-14H2,1-2H3,(H,25,29). The van der Waals surface area contributed by atoms with Crippen LogP contribution in [0.25, 0.3) is 11.1 Å². The number of aryl methyl sites for hydroxylation is 1. The van der Waals surface area contributed by atoms with Crippen molar-refractivity contribution in [3.63, 3.8) is 0 Å². The SMILES string of the molecule is CCCc1cnc(N2CCC(Oc3cc[nH]c(=O)c3-c3ccc(SC)cc3)CC2)nc1. The van der Waals surface area contributed by atoms with Gasteiger partial charge in [-0.2, -0.15) is 0 Å². The highest BCUT2D eigenvalue weighted by molar-refractivity contribution is 7.98. The largest absolute Gasteiger partial charge is 0.489 e. The monoisotopic (exact) mass is 436 g/mol. The maximum absolute atomic E-state index is 12.6. The van der Waals surface area contributed by atoms with Crippen LogP contribution in [-0.4, -0.2) is 40.4 Å². The predicted octanol–water partition coefficient (Wildman–Crippen LogP) is 4.55. The molecular weight excluding hydrogens is 408 g/mol. The first-order chi connectivity index (χ1) is 15.2. The van der Waals surface area contributed by atoms with Crippen molar-refractivity contribution in [2.75, 3.05) is 24.2 Å². The molecule has 1 N–H and O–H groups in total. The summed E-state index contributed by atoms with van der Waals surface area (Å²) < 4.78 is 6.32. The third-order valence-electron chi connectivity index (χ3n) is 5.55. The van der Waals surface area contributed by atoms with Gasteiger partial charge in [-0.05, 0) is 42.0 Å². The van der Waals surface area contributed by atoms with Crippen LogP contribution in [0.5, 0.6) is 5.75 Å². The normalized spacial score (nSPS) is 14.6. The molecule has 2 aromatic heterocycles. The molecule has 0 saturated carbocycles. The van der Waals surface area contributed by atoms with Gasteiger partial charge in [-0.15, -0.1) is 11.8 Å². The molecule has 31 heavy (non-hydrogen) atoms. The Kier molecular flexibility index (Phi) is 6.92. The first-order valence-corrected chi connectivity index (χ1v) is 12.0. The van der Waals surface area contributed by atoms with Crippen LogP contribution in [0.15, 0.2) is 58.6 Å². The molecule has 0 bridgehead atoms. The number of ether oxygens (including phenoxy) is 1. The van der Waals surface area contributed by atoms with Gasteiger partial charge >= 0.3 is 0 Å².